The number of carbonyl (C=O) groups excluding carboxylic acids is 1. The van der Waals surface area contributed by atoms with E-state index in [4.69, 9.17) is 0 Å². The number of amides is 1. The Balaban J connectivity index is 0. The predicted octanol–water partition coefficient (Wildman–Crippen LogP) is 0.0554. The summed E-state index contributed by atoms with van der Waals surface area (Å²) in [6.07, 6.45) is 1.83. The molecule has 1 fully saturated rings. The first kappa shape index (κ1) is 14.2. The van der Waals surface area contributed by atoms with Gasteiger partial charge in [0.2, 0.25) is 5.91 Å². The molecular weight excluding hydrogens is 170 g/mol. The summed E-state index contributed by atoms with van der Waals surface area (Å²) in [5.74, 6) is 0.326. The summed E-state index contributed by atoms with van der Waals surface area (Å²) < 4.78 is 0. The van der Waals surface area contributed by atoms with Crippen molar-refractivity contribution < 1.29 is 10.3 Å². The highest BCUT2D eigenvalue weighted by Crippen LogP contribution is 2.07. The number of rotatable bonds is 1. The molecule has 1 aliphatic rings. The second-order valence-electron chi connectivity index (χ2n) is 2.78. The molecule has 0 unspecified atom stereocenters. The van der Waals surface area contributed by atoms with E-state index in [1.54, 1.807) is 0 Å². The first-order valence-corrected chi connectivity index (χ1v) is 7.36. The van der Waals surface area contributed by atoms with Crippen LogP contribution in [0.25, 0.3) is 0 Å². The van der Waals surface area contributed by atoms with Crippen molar-refractivity contribution in [3.8, 4) is 0 Å². The first-order valence-electron chi connectivity index (χ1n) is 4.54. The summed E-state index contributed by atoms with van der Waals surface area (Å²) in [5.41, 5.74) is 0. The van der Waals surface area contributed by atoms with Crippen LogP contribution in [0.4, 0.5) is 0 Å². The molecule has 12 heavy (non-hydrogen) atoms. The van der Waals surface area contributed by atoms with Gasteiger partial charge in [0.25, 0.3) is 0 Å². The van der Waals surface area contributed by atoms with Crippen LogP contribution in [-0.4, -0.2) is 38.9 Å². The molecular formula is C8H21NO2Si. The van der Waals surface area contributed by atoms with Crippen LogP contribution in [0.5, 0.6) is 0 Å². The highest BCUT2D eigenvalue weighted by Gasteiger charge is 2.16. The molecule has 0 radical (unpaired) electrons. The Morgan fingerprint density at radius 1 is 1.50 bits per heavy atom. The van der Waals surface area contributed by atoms with Gasteiger partial charge in [-0.1, -0.05) is 13.1 Å². The van der Waals surface area contributed by atoms with E-state index in [-0.39, 0.29) is 5.48 Å². The fourth-order valence-electron chi connectivity index (χ4n) is 1.04. The molecule has 1 saturated heterocycles. The minimum atomic E-state index is 0. The minimum absolute atomic E-state index is 0. The quantitative estimate of drug-likeness (QED) is 0.541. The molecule has 0 aromatic heterocycles. The molecule has 1 heterocycles. The molecule has 74 valence electrons. The maximum absolute atomic E-state index is 10.7. The van der Waals surface area contributed by atoms with Crippen LogP contribution in [-0.2, 0) is 4.79 Å². The van der Waals surface area contributed by atoms with Gasteiger partial charge in [-0.15, -0.1) is 0 Å². The van der Waals surface area contributed by atoms with Crippen LogP contribution in [0.3, 0.4) is 0 Å². The summed E-state index contributed by atoms with van der Waals surface area (Å²) in [4.78, 5) is 12.6. The summed E-state index contributed by atoms with van der Waals surface area (Å²) in [5, 5.41) is 0. The molecule has 0 aromatic carbocycles. The Hall–Kier alpha value is -0.353. The van der Waals surface area contributed by atoms with E-state index in [9.17, 15) is 4.79 Å². The van der Waals surface area contributed by atoms with E-state index in [2.05, 4.69) is 13.1 Å². The summed E-state index contributed by atoms with van der Waals surface area (Å²) in [6, 6.07) is 0. The number of hydrogen-bond acceptors (Lipinski definition) is 1. The number of carbonyl (C=O) groups is 1. The lowest BCUT2D eigenvalue weighted by Gasteiger charge is -2.10. The fourth-order valence-corrected chi connectivity index (χ4v) is 1.04. The third-order valence-corrected chi connectivity index (χ3v) is 1.55. The van der Waals surface area contributed by atoms with Gasteiger partial charge in [-0.3, -0.25) is 4.79 Å². The molecule has 4 heteroatoms. The third-order valence-electron chi connectivity index (χ3n) is 1.55. The fraction of sp³-hybridized carbons (Fsp3) is 0.875. The maximum Gasteiger partial charge on any atom is 0.222 e. The molecule has 3 nitrogen and oxygen atoms in total. The molecule has 0 aliphatic carbocycles. The monoisotopic (exact) mass is 191 g/mol. The van der Waals surface area contributed by atoms with Gasteiger partial charge < -0.3 is 10.4 Å². The van der Waals surface area contributed by atoms with Gasteiger partial charge in [-0.25, -0.2) is 0 Å². The van der Waals surface area contributed by atoms with Crippen LogP contribution in [0.1, 0.15) is 19.8 Å². The van der Waals surface area contributed by atoms with Crippen molar-refractivity contribution in [3.63, 3.8) is 0 Å². The van der Waals surface area contributed by atoms with Gasteiger partial charge in [0, 0.05) is 29.0 Å². The summed E-state index contributed by atoms with van der Waals surface area (Å²) >= 11 is 0. The van der Waals surface area contributed by atoms with Crippen molar-refractivity contribution >= 4 is 15.4 Å². The zero-order valence-corrected chi connectivity index (χ0v) is 9.81. The van der Waals surface area contributed by atoms with Gasteiger partial charge in [0.15, 0.2) is 0 Å². The normalized spacial score (nSPS) is 14.9. The van der Waals surface area contributed by atoms with Gasteiger partial charge in [-0.2, -0.15) is 0 Å². The van der Waals surface area contributed by atoms with Crippen molar-refractivity contribution in [3.05, 3.63) is 0 Å². The van der Waals surface area contributed by atoms with Crippen molar-refractivity contribution in [1.29, 1.82) is 0 Å². The third kappa shape index (κ3) is 5.32. The molecule has 2 N–H and O–H groups in total. The lowest BCUT2D eigenvalue weighted by molar-refractivity contribution is -0.127. The molecule has 0 bridgehead atoms. The van der Waals surface area contributed by atoms with Crippen molar-refractivity contribution in [2.45, 2.75) is 32.9 Å². The lowest BCUT2D eigenvalue weighted by atomic mass is 10.4. The van der Waals surface area contributed by atoms with Crippen LogP contribution in [0.15, 0.2) is 0 Å². The van der Waals surface area contributed by atoms with E-state index in [1.807, 2.05) is 11.8 Å². The molecule has 1 aliphatic heterocycles. The van der Waals surface area contributed by atoms with Crippen molar-refractivity contribution in [2.24, 2.45) is 0 Å². The molecule has 1 rings (SSSR count). The smallest absolute Gasteiger partial charge is 0.222 e. The zero-order valence-electron chi connectivity index (χ0n) is 8.39. The van der Waals surface area contributed by atoms with E-state index in [1.165, 1.54) is 0 Å². The molecule has 1 amide bonds. The molecule has 0 saturated carbocycles. The SMILES string of the molecule is CCN1CCCC1=O.C[SiH2]C.O. The van der Waals surface area contributed by atoms with Crippen LogP contribution < -0.4 is 0 Å². The van der Waals surface area contributed by atoms with E-state index in [0.29, 0.717) is 15.4 Å². The van der Waals surface area contributed by atoms with Crippen LogP contribution in [0, 0.1) is 0 Å². The Morgan fingerprint density at radius 3 is 2.17 bits per heavy atom. The molecule has 0 atom stereocenters. The largest absolute Gasteiger partial charge is 0.412 e. The zero-order chi connectivity index (χ0) is 8.69. The summed E-state index contributed by atoms with van der Waals surface area (Å²) in [7, 11) is 0.417. The topological polar surface area (TPSA) is 51.8 Å². The predicted molar refractivity (Wildman–Crippen MR) is 55.4 cm³/mol. The maximum atomic E-state index is 10.7. The van der Waals surface area contributed by atoms with Gasteiger partial charge >= 0.3 is 0 Å². The van der Waals surface area contributed by atoms with Crippen molar-refractivity contribution in [2.75, 3.05) is 13.1 Å². The van der Waals surface area contributed by atoms with E-state index < -0.39 is 0 Å². The van der Waals surface area contributed by atoms with Crippen LogP contribution in [0.2, 0.25) is 13.1 Å². The highest BCUT2D eigenvalue weighted by atomic mass is 28.2. The van der Waals surface area contributed by atoms with Crippen molar-refractivity contribution in [1.82, 2.24) is 4.90 Å². The average Bonchev–Trinajstić information content (AvgIpc) is 2.36. The van der Waals surface area contributed by atoms with E-state index in [0.717, 1.165) is 25.9 Å². The van der Waals surface area contributed by atoms with E-state index >= 15 is 0 Å². The Morgan fingerprint density at radius 2 is 2.00 bits per heavy atom. The molecule has 0 aromatic rings. The number of nitrogens with zero attached hydrogens (tertiary/aromatic N) is 1. The summed E-state index contributed by atoms with van der Waals surface area (Å²) in [6.45, 7) is 8.41. The average molecular weight is 191 g/mol. The van der Waals surface area contributed by atoms with Crippen LogP contribution >= 0.6 is 0 Å². The number of likely N-dealkylation sites (tertiary alicyclic amines) is 1. The van der Waals surface area contributed by atoms with Gasteiger partial charge in [0.1, 0.15) is 0 Å². The Labute approximate surface area is 77.3 Å². The highest BCUT2D eigenvalue weighted by molar-refractivity contribution is 6.31. The van der Waals surface area contributed by atoms with Gasteiger partial charge in [0.05, 0.1) is 0 Å². The number of hydrogen-bond donors (Lipinski definition) is 0. The molecule has 0 spiro atoms. The lowest BCUT2D eigenvalue weighted by Crippen LogP contribution is -2.23. The Bertz CT molecular complexity index is 120. The van der Waals surface area contributed by atoms with Gasteiger partial charge in [-0.05, 0) is 13.3 Å². The second kappa shape index (κ2) is 8.74. The minimum Gasteiger partial charge on any atom is -0.412 e. The second-order valence-corrected chi connectivity index (χ2v) is 4.20. The Kier molecular flexibility index (Phi) is 10.3. The standard InChI is InChI=1S/C6H11NO.C2H8Si.H2O/c1-2-7-5-3-4-6(7)8;1-3-2;/h2-5H2,1H3;3H2,1-2H3;1H2. The first-order chi connectivity index (χ1) is 5.26.